The molecule has 0 fully saturated rings. The van der Waals surface area contributed by atoms with Gasteiger partial charge in [-0.05, 0) is 88.0 Å². The molecule has 2 aliphatic rings. The van der Waals surface area contributed by atoms with E-state index >= 15 is 0 Å². The second-order valence-corrected chi connectivity index (χ2v) is 16.1. The molecule has 9 aromatic carbocycles. The van der Waals surface area contributed by atoms with Crippen molar-refractivity contribution in [3.05, 3.63) is 259 Å². The summed E-state index contributed by atoms with van der Waals surface area (Å²) < 4.78 is 6.81. The van der Waals surface area contributed by atoms with Crippen LogP contribution in [0.1, 0.15) is 22.3 Å². The van der Waals surface area contributed by atoms with Crippen LogP contribution in [-0.2, 0) is 5.41 Å². The third-order valence-corrected chi connectivity index (χ3v) is 12.5. The number of rotatable bonds is 6. The Morgan fingerprint density at radius 1 is 0.317 bits per heavy atom. The molecule has 296 valence electrons. The average molecular weight is 806 g/mol. The monoisotopic (exact) mass is 805 g/mol. The molecule has 0 bridgehead atoms. The highest BCUT2D eigenvalue weighted by Crippen LogP contribution is 2.63. The fraction of sp³-hybridized carbons (Fsp3) is 0.0169. The highest BCUT2D eigenvalue weighted by atomic mass is 16.5. The summed E-state index contributed by atoms with van der Waals surface area (Å²) in [6, 6.07) is 83.9. The molecule has 0 saturated heterocycles. The first kappa shape index (κ1) is 36.5. The van der Waals surface area contributed by atoms with Crippen molar-refractivity contribution in [1.29, 1.82) is 0 Å². The van der Waals surface area contributed by atoms with Gasteiger partial charge in [0.15, 0.2) is 5.82 Å². The van der Waals surface area contributed by atoms with Crippen LogP contribution in [0, 0.1) is 0 Å². The number of hydrogen-bond acceptors (Lipinski definition) is 4. The average Bonchev–Trinajstić information content (AvgIpc) is 3.37. The Hall–Kier alpha value is -8.34. The van der Waals surface area contributed by atoms with Crippen molar-refractivity contribution >= 4 is 17.1 Å². The van der Waals surface area contributed by atoms with Crippen LogP contribution in [0.25, 0.3) is 56.2 Å². The normalized spacial score (nSPS) is 13.0. The van der Waals surface area contributed by atoms with Crippen molar-refractivity contribution in [3.8, 4) is 67.7 Å². The molecule has 3 heterocycles. The molecule has 12 rings (SSSR count). The Labute approximate surface area is 367 Å². The van der Waals surface area contributed by atoms with Gasteiger partial charge in [0.1, 0.15) is 11.5 Å². The molecule has 0 saturated carbocycles. The SMILES string of the molecule is c1ccc(-c2cccc(N3c4cc(-c5ccccc5)ccc4C4(c5ccccc5Oc5ccccc54)c4cc(-c5nc(-c6ccccc6)cc(-c6ccccc6)n5)ccc43)c2)cc1. The van der Waals surface area contributed by atoms with Crippen LogP contribution < -0.4 is 9.64 Å². The number of fused-ring (bicyclic) bond motifs is 8. The summed E-state index contributed by atoms with van der Waals surface area (Å²) in [4.78, 5) is 13.1. The maximum atomic E-state index is 6.81. The maximum Gasteiger partial charge on any atom is 0.160 e. The molecule has 1 aromatic heterocycles. The molecule has 10 aromatic rings. The van der Waals surface area contributed by atoms with E-state index in [0.717, 1.165) is 95.6 Å². The number of ether oxygens (including phenoxy) is 1. The van der Waals surface area contributed by atoms with Crippen LogP contribution in [0.5, 0.6) is 11.5 Å². The molecule has 1 spiro atoms. The number of nitrogens with zero attached hydrogens (tertiary/aromatic N) is 3. The molecule has 4 nitrogen and oxygen atoms in total. The van der Waals surface area contributed by atoms with E-state index in [1.165, 1.54) is 5.56 Å². The fourth-order valence-electron chi connectivity index (χ4n) is 9.69. The van der Waals surface area contributed by atoms with Crippen LogP contribution >= 0.6 is 0 Å². The maximum absolute atomic E-state index is 6.81. The lowest BCUT2D eigenvalue weighted by Crippen LogP contribution is -2.39. The molecular formula is C59H39N3O. The molecule has 0 unspecified atom stereocenters. The number of aromatic nitrogens is 2. The zero-order valence-corrected chi connectivity index (χ0v) is 34.3. The lowest BCUT2D eigenvalue weighted by Gasteiger charge is -2.49. The molecule has 63 heavy (non-hydrogen) atoms. The van der Waals surface area contributed by atoms with E-state index in [2.05, 4.69) is 229 Å². The first-order valence-electron chi connectivity index (χ1n) is 21.4. The van der Waals surface area contributed by atoms with Crippen molar-refractivity contribution in [2.45, 2.75) is 5.41 Å². The second-order valence-electron chi connectivity index (χ2n) is 16.1. The lowest BCUT2D eigenvalue weighted by atomic mass is 9.61. The van der Waals surface area contributed by atoms with Gasteiger partial charge < -0.3 is 9.64 Å². The molecular weight excluding hydrogens is 767 g/mol. The fourth-order valence-corrected chi connectivity index (χ4v) is 9.69. The minimum Gasteiger partial charge on any atom is -0.457 e. The summed E-state index contributed by atoms with van der Waals surface area (Å²) in [6.45, 7) is 0. The number of hydrogen-bond donors (Lipinski definition) is 0. The van der Waals surface area contributed by atoms with Crippen molar-refractivity contribution in [1.82, 2.24) is 9.97 Å². The van der Waals surface area contributed by atoms with Crippen molar-refractivity contribution < 1.29 is 4.74 Å². The Balaban J connectivity index is 1.18. The summed E-state index contributed by atoms with van der Waals surface area (Å²) in [6.07, 6.45) is 0. The second kappa shape index (κ2) is 15.0. The Kier molecular flexibility index (Phi) is 8.68. The summed E-state index contributed by atoms with van der Waals surface area (Å²) in [7, 11) is 0. The molecule has 0 atom stereocenters. The summed E-state index contributed by atoms with van der Waals surface area (Å²) in [5.41, 5.74) is 16.2. The predicted molar refractivity (Wildman–Crippen MR) is 256 cm³/mol. The van der Waals surface area contributed by atoms with Crippen LogP contribution in [0.15, 0.2) is 237 Å². The zero-order valence-electron chi connectivity index (χ0n) is 34.3. The molecule has 0 N–H and O–H groups in total. The third kappa shape index (κ3) is 6.07. The van der Waals surface area contributed by atoms with E-state index in [1.54, 1.807) is 0 Å². The minimum absolute atomic E-state index is 0.657. The molecule has 4 heteroatoms. The molecule has 0 aliphatic carbocycles. The van der Waals surface area contributed by atoms with E-state index in [1.807, 2.05) is 12.1 Å². The number of benzene rings is 9. The highest BCUT2D eigenvalue weighted by Gasteiger charge is 2.51. The number of para-hydroxylation sites is 2. The first-order chi connectivity index (χ1) is 31.2. The van der Waals surface area contributed by atoms with Gasteiger partial charge in [-0.3, -0.25) is 0 Å². The largest absolute Gasteiger partial charge is 0.457 e. The van der Waals surface area contributed by atoms with Gasteiger partial charge in [0.2, 0.25) is 0 Å². The van der Waals surface area contributed by atoms with E-state index in [9.17, 15) is 0 Å². The summed E-state index contributed by atoms with van der Waals surface area (Å²) >= 11 is 0. The number of anilines is 3. The Bertz CT molecular complexity index is 3210. The molecule has 0 amide bonds. The van der Waals surface area contributed by atoms with E-state index < -0.39 is 5.41 Å². The molecule has 2 aliphatic heterocycles. The van der Waals surface area contributed by atoms with Crippen LogP contribution in [0.3, 0.4) is 0 Å². The topological polar surface area (TPSA) is 38.2 Å². The summed E-state index contributed by atoms with van der Waals surface area (Å²) in [5, 5.41) is 0. The van der Waals surface area contributed by atoms with Gasteiger partial charge >= 0.3 is 0 Å². The van der Waals surface area contributed by atoms with Gasteiger partial charge in [-0.25, -0.2) is 9.97 Å². The summed E-state index contributed by atoms with van der Waals surface area (Å²) in [5.74, 6) is 2.32. The van der Waals surface area contributed by atoms with Gasteiger partial charge in [-0.1, -0.05) is 182 Å². The quantitative estimate of drug-likeness (QED) is 0.168. The lowest BCUT2D eigenvalue weighted by molar-refractivity contribution is 0.434. The molecule has 0 radical (unpaired) electrons. The van der Waals surface area contributed by atoms with Crippen molar-refractivity contribution in [2.24, 2.45) is 0 Å². The van der Waals surface area contributed by atoms with Gasteiger partial charge in [0.25, 0.3) is 0 Å². The predicted octanol–water partition coefficient (Wildman–Crippen LogP) is 15.1. The van der Waals surface area contributed by atoms with E-state index in [4.69, 9.17) is 14.7 Å². The van der Waals surface area contributed by atoms with Gasteiger partial charge in [0, 0.05) is 33.5 Å². The minimum atomic E-state index is -0.784. The van der Waals surface area contributed by atoms with Crippen molar-refractivity contribution in [3.63, 3.8) is 0 Å². The van der Waals surface area contributed by atoms with Gasteiger partial charge in [-0.2, -0.15) is 0 Å². The van der Waals surface area contributed by atoms with E-state index in [-0.39, 0.29) is 0 Å². The zero-order chi connectivity index (χ0) is 41.7. The Morgan fingerprint density at radius 2 is 0.810 bits per heavy atom. The third-order valence-electron chi connectivity index (χ3n) is 12.5. The smallest absolute Gasteiger partial charge is 0.160 e. The van der Waals surface area contributed by atoms with Gasteiger partial charge in [0.05, 0.1) is 28.2 Å². The van der Waals surface area contributed by atoms with Crippen LogP contribution in [0.4, 0.5) is 17.1 Å². The van der Waals surface area contributed by atoms with Crippen LogP contribution in [0.2, 0.25) is 0 Å². The Morgan fingerprint density at radius 3 is 1.40 bits per heavy atom. The standard InChI is InChI=1S/C59H39N3O/c1-5-18-40(19-6-1)44-26-17-27-47(36-44)62-54-35-33-46(58-60-52(42-22-9-3-10-23-42)39-53(61-58)43-24-11-4-12-25-43)37-51(54)59(48-34-32-45(38-55(48)62)41-20-7-2-8-21-41)49-28-13-15-30-56(49)63-57-31-16-14-29-50(57)59/h1-39H. The van der Waals surface area contributed by atoms with Gasteiger partial charge in [-0.15, -0.1) is 0 Å². The first-order valence-corrected chi connectivity index (χ1v) is 21.4. The van der Waals surface area contributed by atoms with E-state index in [0.29, 0.717) is 5.82 Å². The van der Waals surface area contributed by atoms with Crippen molar-refractivity contribution in [2.75, 3.05) is 4.90 Å². The highest BCUT2D eigenvalue weighted by molar-refractivity contribution is 5.94. The van der Waals surface area contributed by atoms with Crippen LogP contribution in [-0.4, -0.2) is 9.97 Å².